The van der Waals surface area contributed by atoms with Crippen LogP contribution in [0, 0.1) is 18.7 Å². The minimum atomic E-state index is -0.781. The molecule has 1 atom stereocenters. The van der Waals surface area contributed by atoms with Gasteiger partial charge in [0.1, 0.15) is 17.6 Å². The van der Waals surface area contributed by atoms with Crippen LogP contribution in [0.5, 0.6) is 5.75 Å². The summed E-state index contributed by atoms with van der Waals surface area (Å²) in [5, 5.41) is 5.38. The second-order valence-corrected chi connectivity index (χ2v) is 6.35. The quantitative estimate of drug-likeness (QED) is 0.830. The van der Waals surface area contributed by atoms with Gasteiger partial charge in [0, 0.05) is 5.69 Å². The van der Waals surface area contributed by atoms with Gasteiger partial charge in [-0.3, -0.25) is 9.59 Å². The highest BCUT2D eigenvalue weighted by molar-refractivity contribution is 6.02. The molecule has 0 heterocycles. The van der Waals surface area contributed by atoms with E-state index in [4.69, 9.17) is 4.74 Å². The van der Waals surface area contributed by atoms with Gasteiger partial charge in [-0.1, -0.05) is 32.0 Å². The summed E-state index contributed by atoms with van der Waals surface area (Å²) in [6, 6.07) is 10.5. The van der Waals surface area contributed by atoms with Crippen LogP contribution in [0.1, 0.15) is 29.8 Å². The third-order valence-electron chi connectivity index (χ3n) is 4.03. The number of carbonyl (C=O) groups is 2. The molecule has 6 heteroatoms. The Morgan fingerprint density at radius 1 is 1.12 bits per heavy atom. The van der Waals surface area contributed by atoms with Crippen LogP contribution in [-0.2, 0) is 4.79 Å². The van der Waals surface area contributed by atoms with Crippen molar-refractivity contribution in [3.63, 3.8) is 0 Å². The second-order valence-electron chi connectivity index (χ2n) is 6.35. The van der Waals surface area contributed by atoms with E-state index in [0.29, 0.717) is 22.6 Å². The molecule has 0 saturated heterocycles. The Morgan fingerprint density at radius 3 is 2.42 bits per heavy atom. The second kappa shape index (κ2) is 8.47. The van der Waals surface area contributed by atoms with Gasteiger partial charge in [0.05, 0.1) is 12.7 Å². The molecule has 0 spiro atoms. The fraction of sp³-hybridized carbons (Fsp3) is 0.300. The molecule has 2 N–H and O–H groups in total. The number of aryl methyl sites for hydroxylation is 1. The van der Waals surface area contributed by atoms with Crippen molar-refractivity contribution in [2.75, 3.05) is 12.4 Å². The fourth-order valence-corrected chi connectivity index (χ4v) is 2.48. The summed E-state index contributed by atoms with van der Waals surface area (Å²) in [5.41, 5.74) is 1.18. The number of hydrogen-bond donors (Lipinski definition) is 2. The van der Waals surface area contributed by atoms with Gasteiger partial charge in [-0.05, 0) is 42.7 Å². The van der Waals surface area contributed by atoms with E-state index in [1.165, 1.54) is 13.2 Å². The van der Waals surface area contributed by atoms with E-state index in [9.17, 15) is 14.0 Å². The predicted molar refractivity (Wildman–Crippen MR) is 98.9 cm³/mol. The van der Waals surface area contributed by atoms with Gasteiger partial charge in [0.15, 0.2) is 0 Å². The molecule has 0 saturated carbocycles. The Bertz CT molecular complexity index is 805. The van der Waals surface area contributed by atoms with E-state index in [1.807, 2.05) is 13.8 Å². The van der Waals surface area contributed by atoms with Gasteiger partial charge in [-0.15, -0.1) is 0 Å². The maximum absolute atomic E-state index is 13.7. The van der Waals surface area contributed by atoms with E-state index in [2.05, 4.69) is 10.6 Å². The molecule has 0 unspecified atom stereocenters. The van der Waals surface area contributed by atoms with Crippen molar-refractivity contribution < 1.29 is 18.7 Å². The zero-order valence-electron chi connectivity index (χ0n) is 15.3. The highest BCUT2D eigenvalue weighted by atomic mass is 19.1. The molecular weight excluding hydrogens is 335 g/mol. The Hall–Kier alpha value is -2.89. The first-order valence-electron chi connectivity index (χ1n) is 8.34. The maximum Gasteiger partial charge on any atom is 0.255 e. The number of nitrogens with one attached hydrogen (secondary N) is 2. The molecule has 0 radical (unpaired) electrons. The number of halogens is 1. The Kier molecular flexibility index (Phi) is 6.33. The number of rotatable bonds is 6. The summed E-state index contributed by atoms with van der Waals surface area (Å²) in [6.45, 7) is 5.29. The molecular formula is C20H23FN2O3. The van der Waals surface area contributed by atoms with Gasteiger partial charge in [-0.25, -0.2) is 4.39 Å². The lowest BCUT2D eigenvalue weighted by Gasteiger charge is -2.22. The van der Waals surface area contributed by atoms with Crippen LogP contribution in [0.4, 0.5) is 10.1 Å². The molecule has 0 bridgehead atoms. The number of benzene rings is 2. The lowest BCUT2D eigenvalue weighted by atomic mass is 10.0. The smallest absolute Gasteiger partial charge is 0.255 e. The Balaban J connectivity index is 2.16. The van der Waals surface area contributed by atoms with Crippen molar-refractivity contribution in [2.45, 2.75) is 26.8 Å². The minimum absolute atomic E-state index is 0.163. The first-order chi connectivity index (χ1) is 12.3. The SMILES string of the molecule is COc1ccccc1C(=O)N[C@H](C(=O)Nc1ccc(C)c(F)c1)C(C)C. The molecule has 2 aromatic carbocycles. The lowest BCUT2D eigenvalue weighted by molar-refractivity contribution is -0.118. The number of hydrogen-bond acceptors (Lipinski definition) is 3. The molecule has 2 aromatic rings. The Labute approximate surface area is 152 Å². The molecule has 0 aliphatic carbocycles. The largest absolute Gasteiger partial charge is 0.496 e. The number of para-hydroxylation sites is 1. The minimum Gasteiger partial charge on any atom is -0.496 e. The zero-order valence-corrected chi connectivity index (χ0v) is 15.3. The Morgan fingerprint density at radius 2 is 1.81 bits per heavy atom. The molecule has 5 nitrogen and oxygen atoms in total. The van der Waals surface area contributed by atoms with Crippen molar-refractivity contribution in [1.29, 1.82) is 0 Å². The zero-order chi connectivity index (χ0) is 19.3. The molecule has 138 valence electrons. The number of anilines is 1. The van der Waals surface area contributed by atoms with Crippen molar-refractivity contribution in [1.82, 2.24) is 5.32 Å². The van der Waals surface area contributed by atoms with E-state index < -0.39 is 23.7 Å². The van der Waals surface area contributed by atoms with Crippen molar-refractivity contribution >= 4 is 17.5 Å². The van der Waals surface area contributed by atoms with Crippen LogP contribution >= 0.6 is 0 Å². The third-order valence-corrected chi connectivity index (χ3v) is 4.03. The summed E-state index contributed by atoms with van der Waals surface area (Å²) in [7, 11) is 1.48. The molecule has 2 rings (SSSR count). The summed E-state index contributed by atoms with van der Waals surface area (Å²) in [4.78, 5) is 25.2. The molecule has 2 amide bonds. The van der Waals surface area contributed by atoms with Crippen molar-refractivity contribution in [3.8, 4) is 5.75 Å². The normalized spacial score (nSPS) is 11.8. The van der Waals surface area contributed by atoms with Crippen molar-refractivity contribution in [3.05, 3.63) is 59.4 Å². The van der Waals surface area contributed by atoms with E-state index in [-0.39, 0.29) is 5.92 Å². The summed E-state index contributed by atoms with van der Waals surface area (Å²) >= 11 is 0. The average molecular weight is 358 g/mol. The standard InChI is InChI=1S/C20H23FN2O3/c1-12(2)18(20(25)22-14-10-9-13(3)16(21)11-14)23-19(24)15-7-5-6-8-17(15)26-4/h5-12,18H,1-4H3,(H,22,25)(H,23,24)/t18-/m0/s1. The first kappa shape index (κ1) is 19.4. The number of ether oxygens (including phenoxy) is 1. The molecule has 0 aromatic heterocycles. The van der Waals surface area contributed by atoms with Gasteiger partial charge in [0.2, 0.25) is 5.91 Å². The van der Waals surface area contributed by atoms with Crippen molar-refractivity contribution in [2.24, 2.45) is 5.92 Å². The van der Waals surface area contributed by atoms with Gasteiger partial charge in [-0.2, -0.15) is 0 Å². The highest BCUT2D eigenvalue weighted by Gasteiger charge is 2.26. The number of carbonyl (C=O) groups excluding carboxylic acids is 2. The van der Waals surface area contributed by atoms with Gasteiger partial charge < -0.3 is 15.4 Å². The van der Waals surface area contributed by atoms with E-state index >= 15 is 0 Å². The van der Waals surface area contributed by atoms with E-state index in [1.54, 1.807) is 43.3 Å². The van der Waals surface area contributed by atoms with Crippen LogP contribution in [0.2, 0.25) is 0 Å². The van der Waals surface area contributed by atoms with Crippen LogP contribution in [0.25, 0.3) is 0 Å². The van der Waals surface area contributed by atoms with Gasteiger partial charge >= 0.3 is 0 Å². The number of amides is 2. The number of methoxy groups -OCH3 is 1. The van der Waals surface area contributed by atoms with E-state index in [0.717, 1.165) is 0 Å². The molecule has 26 heavy (non-hydrogen) atoms. The summed E-state index contributed by atoms with van der Waals surface area (Å²) in [5.74, 6) is -0.961. The molecule has 0 fully saturated rings. The highest BCUT2D eigenvalue weighted by Crippen LogP contribution is 2.18. The summed E-state index contributed by atoms with van der Waals surface area (Å²) in [6.07, 6.45) is 0. The first-order valence-corrected chi connectivity index (χ1v) is 8.34. The van der Waals surface area contributed by atoms with Crippen LogP contribution in [0.15, 0.2) is 42.5 Å². The molecule has 0 aliphatic heterocycles. The third kappa shape index (κ3) is 4.59. The van der Waals surface area contributed by atoms with Crippen LogP contribution in [-0.4, -0.2) is 25.0 Å². The average Bonchev–Trinajstić information content (AvgIpc) is 2.62. The predicted octanol–water partition coefficient (Wildman–Crippen LogP) is 3.54. The monoisotopic (exact) mass is 358 g/mol. The van der Waals surface area contributed by atoms with Gasteiger partial charge in [0.25, 0.3) is 5.91 Å². The topological polar surface area (TPSA) is 67.4 Å². The van der Waals surface area contributed by atoms with Crippen LogP contribution < -0.4 is 15.4 Å². The maximum atomic E-state index is 13.7. The van der Waals surface area contributed by atoms with Crippen LogP contribution in [0.3, 0.4) is 0 Å². The fourth-order valence-electron chi connectivity index (χ4n) is 2.48. The molecule has 0 aliphatic rings. The lowest BCUT2D eigenvalue weighted by Crippen LogP contribution is -2.47. The summed E-state index contributed by atoms with van der Waals surface area (Å²) < 4.78 is 18.9.